The minimum absolute atomic E-state index is 0.287. The summed E-state index contributed by atoms with van der Waals surface area (Å²) in [6, 6.07) is 15.9. The SMILES string of the molecule is CC(CCc1ccccc1)Nc1ccc(N)c(C(N)=O)c1. The van der Waals surface area contributed by atoms with Crippen LogP contribution in [0.2, 0.25) is 0 Å². The Morgan fingerprint density at radius 1 is 1.19 bits per heavy atom. The van der Waals surface area contributed by atoms with Gasteiger partial charge in [0.2, 0.25) is 0 Å². The van der Waals surface area contributed by atoms with E-state index in [1.165, 1.54) is 5.56 Å². The zero-order valence-electron chi connectivity index (χ0n) is 12.2. The summed E-state index contributed by atoms with van der Waals surface area (Å²) in [6.45, 7) is 2.11. The number of primary amides is 1. The second-order valence-corrected chi connectivity index (χ2v) is 5.24. The molecule has 1 atom stereocenters. The van der Waals surface area contributed by atoms with Gasteiger partial charge in [-0.15, -0.1) is 0 Å². The third-order valence-corrected chi connectivity index (χ3v) is 3.44. The molecule has 4 nitrogen and oxygen atoms in total. The van der Waals surface area contributed by atoms with Gasteiger partial charge in [0.1, 0.15) is 0 Å². The first-order chi connectivity index (χ1) is 10.1. The Morgan fingerprint density at radius 2 is 1.90 bits per heavy atom. The van der Waals surface area contributed by atoms with Crippen LogP contribution < -0.4 is 16.8 Å². The van der Waals surface area contributed by atoms with Crippen molar-refractivity contribution in [2.45, 2.75) is 25.8 Å². The quantitative estimate of drug-likeness (QED) is 0.713. The second kappa shape index (κ2) is 6.79. The molecule has 2 aromatic carbocycles. The summed E-state index contributed by atoms with van der Waals surface area (Å²) < 4.78 is 0. The van der Waals surface area contributed by atoms with Crippen LogP contribution in [0, 0.1) is 0 Å². The van der Waals surface area contributed by atoms with E-state index in [0.29, 0.717) is 11.3 Å². The van der Waals surface area contributed by atoms with Crippen LogP contribution in [0.5, 0.6) is 0 Å². The summed E-state index contributed by atoms with van der Waals surface area (Å²) in [5, 5.41) is 3.37. The van der Waals surface area contributed by atoms with Gasteiger partial charge in [0.15, 0.2) is 0 Å². The molecule has 110 valence electrons. The standard InChI is InChI=1S/C17H21N3O/c1-12(7-8-13-5-3-2-4-6-13)20-14-9-10-16(18)15(11-14)17(19)21/h2-6,9-12,20H,7-8,18H2,1H3,(H2,19,21). The van der Waals surface area contributed by atoms with Gasteiger partial charge in [0, 0.05) is 17.4 Å². The number of rotatable bonds is 6. The van der Waals surface area contributed by atoms with E-state index in [-0.39, 0.29) is 6.04 Å². The normalized spacial score (nSPS) is 11.9. The van der Waals surface area contributed by atoms with Crippen molar-refractivity contribution >= 4 is 17.3 Å². The predicted molar refractivity (Wildman–Crippen MR) is 87.2 cm³/mol. The number of hydrogen-bond donors (Lipinski definition) is 3. The Balaban J connectivity index is 1.95. The highest BCUT2D eigenvalue weighted by Crippen LogP contribution is 2.19. The number of hydrogen-bond acceptors (Lipinski definition) is 3. The van der Waals surface area contributed by atoms with Gasteiger partial charge >= 0.3 is 0 Å². The first-order valence-electron chi connectivity index (χ1n) is 7.06. The molecule has 0 aliphatic heterocycles. The number of anilines is 2. The number of amides is 1. The number of benzene rings is 2. The van der Waals surface area contributed by atoms with Crippen molar-refractivity contribution in [1.29, 1.82) is 0 Å². The molecule has 4 heteroatoms. The Hall–Kier alpha value is -2.49. The summed E-state index contributed by atoms with van der Waals surface area (Å²) in [5.41, 5.74) is 14.0. The lowest BCUT2D eigenvalue weighted by Gasteiger charge is -2.16. The van der Waals surface area contributed by atoms with Gasteiger partial charge in [-0.05, 0) is 43.5 Å². The fourth-order valence-electron chi connectivity index (χ4n) is 2.24. The molecule has 2 aromatic rings. The van der Waals surface area contributed by atoms with E-state index in [0.717, 1.165) is 18.5 Å². The Labute approximate surface area is 125 Å². The van der Waals surface area contributed by atoms with E-state index in [4.69, 9.17) is 11.5 Å². The number of nitrogens with one attached hydrogen (secondary N) is 1. The van der Waals surface area contributed by atoms with Crippen molar-refractivity contribution in [1.82, 2.24) is 0 Å². The average Bonchev–Trinajstić information content (AvgIpc) is 2.48. The minimum Gasteiger partial charge on any atom is -0.398 e. The van der Waals surface area contributed by atoms with E-state index in [1.807, 2.05) is 24.3 Å². The van der Waals surface area contributed by atoms with Crippen molar-refractivity contribution in [2.24, 2.45) is 5.73 Å². The highest BCUT2D eigenvalue weighted by atomic mass is 16.1. The summed E-state index contributed by atoms with van der Waals surface area (Å²) >= 11 is 0. The molecule has 0 radical (unpaired) electrons. The summed E-state index contributed by atoms with van der Waals surface area (Å²) in [7, 11) is 0. The maximum absolute atomic E-state index is 11.3. The average molecular weight is 283 g/mol. The van der Waals surface area contributed by atoms with Crippen LogP contribution in [0.25, 0.3) is 0 Å². The molecule has 0 bridgehead atoms. The number of nitrogen functional groups attached to an aromatic ring is 1. The third kappa shape index (κ3) is 4.24. The van der Waals surface area contributed by atoms with Gasteiger partial charge in [-0.2, -0.15) is 0 Å². The van der Waals surface area contributed by atoms with Crippen LogP contribution in [-0.4, -0.2) is 11.9 Å². The molecular formula is C17H21N3O. The van der Waals surface area contributed by atoms with Gasteiger partial charge < -0.3 is 16.8 Å². The zero-order valence-corrected chi connectivity index (χ0v) is 12.2. The van der Waals surface area contributed by atoms with E-state index < -0.39 is 5.91 Å². The molecule has 0 heterocycles. The van der Waals surface area contributed by atoms with Crippen LogP contribution in [0.3, 0.4) is 0 Å². The van der Waals surface area contributed by atoms with Gasteiger partial charge in [-0.25, -0.2) is 0 Å². The van der Waals surface area contributed by atoms with Crippen LogP contribution in [0.1, 0.15) is 29.3 Å². The monoisotopic (exact) mass is 283 g/mol. The van der Waals surface area contributed by atoms with E-state index in [2.05, 4.69) is 24.4 Å². The predicted octanol–water partition coefficient (Wildman–Crippen LogP) is 2.80. The third-order valence-electron chi connectivity index (χ3n) is 3.44. The van der Waals surface area contributed by atoms with Gasteiger partial charge in [-0.3, -0.25) is 4.79 Å². The molecule has 0 aliphatic carbocycles. The van der Waals surface area contributed by atoms with Crippen LogP contribution in [-0.2, 0) is 6.42 Å². The van der Waals surface area contributed by atoms with E-state index >= 15 is 0 Å². The van der Waals surface area contributed by atoms with Gasteiger partial charge in [-0.1, -0.05) is 30.3 Å². The first kappa shape index (κ1) is 14.9. The summed E-state index contributed by atoms with van der Waals surface area (Å²) in [5.74, 6) is -0.506. The Bertz CT molecular complexity index is 611. The molecule has 0 aliphatic rings. The molecule has 1 amide bonds. The zero-order chi connectivity index (χ0) is 15.2. The maximum Gasteiger partial charge on any atom is 0.250 e. The highest BCUT2D eigenvalue weighted by molar-refractivity contribution is 5.98. The van der Waals surface area contributed by atoms with Crippen LogP contribution in [0.15, 0.2) is 48.5 Å². The number of nitrogens with two attached hydrogens (primary N) is 2. The molecule has 0 saturated heterocycles. The first-order valence-corrected chi connectivity index (χ1v) is 7.06. The van der Waals surface area contributed by atoms with E-state index in [1.54, 1.807) is 12.1 Å². The summed E-state index contributed by atoms with van der Waals surface area (Å²) in [6.07, 6.45) is 2.01. The highest BCUT2D eigenvalue weighted by Gasteiger charge is 2.08. The number of carbonyl (C=O) groups is 1. The Kier molecular flexibility index (Phi) is 4.82. The van der Waals surface area contributed by atoms with Crippen molar-refractivity contribution in [3.63, 3.8) is 0 Å². The summed E-state index contributed by atoms with van der Waals surface area (Å²) in [4.78, 5) is 11.3. The van der Waals surface area contributed by atoms with Crippen molar-refractivity contribution in [3.05, 3.63) is 59.7 Å². The molecule has 1 unspecified atom stereocenters. The lowest BCUT2D eigenvalue weighted by molar-refractivity contribution is 0.100. The molecule has 0 fully saturated rings. The van der Waals surface area contributed by atoms with E-state index in [9.17, 15) is 4.79 Å². The van der Waals surface area contributed by atoms with Crippen LogP contribution in [0.4, 0.5) is 11.4 Å². The second-order valence-electron chi connectivity index (χ2n) is 5.24. The molecule has 5 N–H and O–H groups in total. The Morgan fingerprint density at radius 3 is 2.57 bits per heavy atom. The van der Waals surface area contributed by atoms with Crippen molar-refractivity contribution < 1.29 is 4.79 Å². The molecule has 0 aromatic heterocycles. The molecular weight excluding hydrogens is 262 g/mol. The molecule has 21 heavy (non-hydrogen) atoms. The maximum atomic E-state index is 11.3. The number of aryl methyl sites for hydroxylation is 1. The van der Waals surface area contributed by atoms with Crippen molar-refractivity contribution in [3.8, 4) is 0 Å². The minimum atomic E-state index is -0.506. The van der Waals surface area contributed by atoms with Crippen LogP contribution >= 0.6 is 0 Å². The van der Waals surface area contributed by atoms with Crippen molar-refractivity contribution in [2.75, 3.05) is 11.1 Å². The largest absolute Gasteiger partial charge is 0.398 e. The fourth-order valence-corrected chi connectivity index (χ4v) is 2.24. The number of carbonyl (C=O) groups excluding carboxylic acids is 1. The molecule has 2 rings (SSSR count). The topological polar surface area (TPSA) is 81.1 Å². The lowest BCUT2D eigenvalue weighted by atomic mass is 10.1. The smallest absolute Gasteiger partial charge is 0.250 e. The molecule has 0 saturated carbocycles. The molecule has 0 spiro atoms. The lowest BCUT2D eigenvalue weighted by Crippen LogP contribution is -2.18. The van der Waals surface area contributed by atoms with Gasteiger partial charge in [0.25, 0.3) is 5.91 Å². The van der Waals surface area contributed by atoms with Gasteiger partial charge in [0.05, 0.1) is 5.56 Å². The fraction of sp³-hybridized carbons (Fsp3) is 0.235.